The predicted octanol–water partition coefficient (Wildman–Crippen LogP) is 3.76. The average molecular weight is 352 g/mol. The second-order valence-electron chi connectivity index (χ2n) is 5.37. The molecule has 0 aliphatic carbocycles. The summed E-state index contributed by atoms with van der Waals surface area (Å²) in [6, 6.07) is 10.1. The van der Waals surface area contributed by atoms with Crippen LogP contribution < -0.4 is 0 Å². The van der Waals surface area contributed by atoms with Crippen molar-refractivity contribution in [1.29, 1.82) is 0 Å². The van der Waals surface area contributed by atoms with Crippen molar-refractivity contribution in [2.24, 2.45) is 0 Å². The first-order chi connectivity index (χ1) is 11.2. The van der Waals surface area contributed by atoms with Gasteiger partial charge in [-0.2, -0.15) is 13.2 Å². The lowest BCUT2D eigenvalue weighted by molar-refractivity contribution is -0.137. The molecule has 2 aromatic carbocycles. The molecule has 1 aliphatic rings. The van der Waals surface area contributed by atoms with Gasteiger partial charge in [-0.3, -0.25) is 4.79 Å². The first kappa shape index (κ1) is 16.4. The lowest BCUT2D eigenvalue weighted by atomic mass is 10.0. The molecule has 0 saturated heterocycles. The molecule has 24 heavy (non-hydrogen) atoms. The summed E-state index contributed by atoms with van der Waals surface area (Å²) in [7, 11) is -3.64. The second-order valence-corrected chi connectivity index (χ2v) is 7.33. The Labute approximate surface area is 136 Å². The van der Waals surface area contributed by atoms with Gasteiger partial charge in [-0.1, -0.05) is 24.3 Å². The number of hydrogen-bond acceptors (Lipinski definition) is 3. The minimum atomic E-state index is -4.45. The molecule has 0 fully saturated rings. The first-order valence-electron chi connectivity index (χ1n) is 6.93. The molecule has 2 aromatic rings. The summed E-state index contributed by atoms with van der Waals surface area (Å²) in [6.45, 7) is 0. The van der Waals surface area contributed by atoms with Gasteiger partial charge in [-0.15, -0.1) is 0 Å². The van der Waals surface area contributed by atoms with Crippen LogP contribution in [0.4, 0.5) is 13.2 Å². The normalized spacial score (nSPS) is 18.5. The highest BCUT2D eigenvalue weighted by Crippen LogP contribution is 2.31. The third-order valence-electron chi connectivity index (χ3n) is 3.68. The number of benzene rings is 2. The van der Waals surface area contributed by atoms with Crippen LogP contribution in [-0.4, -0.2) is 20.0 Å². The van der Waals surface area contributed by atoms with Crippen LogP contribution in [0.5, 0.6) is 0 Å². The molecule has 7 heteroatoms. The molecule has 0 unspecified atom stereocenters. The summed E-state index contributed by atoms with van der Waals surface area (Å²) in [4.78, 5) is 12.4. The summed E-state index contributed by atoms with van der Waals surface area (Å²) >= 11 is 0. The molecule has 124 valence electrons. The zero-order chi connectivity index (χ0) is 17.5. The molecular formula is C17H11F3O3S. The lowest BCUT2D eigenvalue weighted by Crippen LogP contribution is -2.24. The Morgan fingerprint density at radius 3 is 2.21 bits per heavy atom. The maximum absolute atomic E-state index is 12.6. The fourth-order valence-electron chi connectivity index (χ4n) is 2.52. The Hall–Kier alpha value is -2.41. The van der Waals surface area contributed by atoms with Crippen LogP contribution in [0, 0.1) is 0 Å². The van der Waals surface area contributed by atoms with Crippen LogP contribution in [0.25, 0.3) is 6.08 Å². The number of rotatable bonds is 1. The van der Waals surface area contributed by atoms with E-state index in [1.165, 1.54) is 36.4 Å². The van der Waals surface area contributed by atoms with E-state index in [1.807, 2.05) is 0 Å². The zero-order valence-electron chi connectivity index (χ0n) is 12.2. The summed E-state index contributed by atoms with van der Waals surface area (Å²) < 4.78 is 62.2. The fourth-order valence-corrected chi connectivity index (χ4v) is 4.08. The minimum Gasteiger partial charge on any atom is -0.289 e. The number of sulfone groups is 1. The highest BCUT2D eigenvalue weighted by Gasteiger charge is 2.32. The Balaban J connectivity index is 2.02. The SMILES string of the molecule is O=C1/C(=C\c2ccc(C(F)(F)F)cc2)CS(=O)(=O)c2ccccc21. The van der Waals surface area contributed by atoms with Crippen molar-refractivity contribution in [2.75, 3.05) is 5.75 Å². The maximum atomic E-state index is 12.6. The molecule has 3 nitrogen and oxygen atoms in total. The zero-order valence-corrected chi connectivity index (χ0v) is 13.0. The van der Waals surface area contributed by atoms with Crippen molar-refractivity contribution in [3.63, 3.8) is 0 Å². The Kier molecular flexibility index (Phi) is 3.83. The molecule has 0 bridgehead atoms. The minimum absolute atomic E-state index is 0.0143. The third kappa shape index (κ3) is 2.99. The van der Waals surface area contributed by atoms with E-state index in [4.69, 9.17) is 0 Å². The number of carbonyl (C=O) groups is 1. The Bertz CT molecular complexity index is 940. The standard InChI is InChI=1S/C17H11F3O3S/c18-17(19,20)13-7-5-11(6-8-13)9-12-10-24(22,23)15-4-2-1-3-14(15)16(12)21/h1-9H,10H2/b12-9-. The summed E-state index contributed by atoms with van der Waals surface area (Å²) in [6.07, 6.45) is -3.13. The molecule has 0 amide bonds. The number of hydrogen-bond donors (Lipinski definition) is 0. The van der Waals surface area contributed by atoms with Crippen molar-refractivity contribution in [3.05, 3.63) is 70.8 Å². The molecule has 1 heterocycles. The van der Waals surface area contributed by atoms with E-state index in [9.17, 15) is 26.4 Å². The van der Waals surface area contributed by atoms with Crippen LogP contribution in [0.15, 0.2) is 59.0 Å². The van der Waals surface area contributed by atoms with E-state index in [2.05, 4.69) is 0 Å². The van der Waals surface area contributed by atoms with E-state index in [0.29, 0.717) is 5.56 Å². The quantitative estimate of drug-likeness (QED) is 0.735. The van der Waals surface area contributed by atoms with E-state index in [1.54, 1.807) is 6.07 Å². The van der Waals surface area contributed by atoms with Crippen LogP contribution in [0.1, 0.15) is 21.5 Å². The van der Waals surface area contributed by atoms with Crippen molar-refractivity contribution < 1.29 is 26.4 Å². The van der Waals surface area contributed by atoms with Crippen molar-refractivity contribution in [1.82, 2.24) is 0 Å². The van der Waals surface area contributed by atoms with Crippen molar-refractivity contribution >= 4 is 21.7 Å². The van der Waals surface area contributed by atoms with Gasteiger partial charge < -0.3 is 0 Å². The summed E-state index contributed by atoms with van der Waals surface area (Å²) in [5, 5.41) is 0. The van der Waals surface area contributed by atoms with Gasteiger partial charge in [-0.25, -0.2) is 8.42 Å². The molecule has 0 N–H and O–H groups in total. The Morgan fingerprint density at radius 2 is 1.58 bits per heavy atom. The fraction of sp³-hybridized carbons (Fsp3) is 0.118. The summed E-state index contributed by atoms with van der Waals surface area (Å²) in [5.74, 6) is -0.899. The van der Waals surface area contributed by atoms with Crippen LogP contribution in [-0.2, 0) is 16.0 Å². The van der Waals surface area contributed by atoms with Crippen LogP contribution in [0.2, 0.25) is 0 Å². The molecule has 1 aliphatic heterocycles. The van der Waals surface area contributed by atoms with Crippen molar-refractivity contribution in [2.45, 2.75) is 11.1 Å². The van der Waals surface area contributed by atoms with Crippen LogP contribution in [0.3, 0.4) is 0 Å². The van der Waals surface area contributed by atoms with Crippen molar-refractivity contribution in [3.8, 4) is 0 Å². The van der Waals surface area contributed by atoms with E-state index in [-0.39, 0.29) is 16.0 Å². The maximum Gasteiger partial charge on any atom is 0.416 e. The van der Waals surface area contributed by atoms with E-state index in [0.717, 1.165) is 12.1 Å². The molecule has 3 rings (SSSR count). The number of alkyl halides is 3. The first-order valence-corrected chi connectivity index (χ1v) is 8.58. The predicted molar refractivity (Wildman–Crippen MR) is 82.2 cm³/mol. The average Bonchev–Trinajstić information content (AvgIpc) is 2.52. The van der Waals surface area contributed by atoms with Gasteiger partial charge in [0.2, 0.25) is 0 Å². The summed E-state index contributed by atoms with van der Waals surface area (Å²) in [5.41, 5.74) is -0.353. The van der Waals surface area contributed by atoms with Gasteiger partial charge in [0, 0.05) is 11.1 Å². The molecular weight excluding hydrogens is 341 g/mol. The molecule has 0 aromatic heterocycles. The van der Waals surface area contributed by atoms with Gasteiger partial charge in [0.25, 0.3) is 0 Å². The molecule has 0 spiro atoms. The smallest absolute Gasteiger partial charge is 0.289 e. The van der Waals surface area contributed by atoms with E-state index < -0.39 is 33.1 Å². The number of halogens is 3. The monoisotopic (exact) mass is 352 g/mol. The van der Waals surface area contributed by atoms with Gasteiger partial charge in [0.15, 0.2) is 15.6 Å². The molecule has 0 saturated carbocycles. The highest BCUT2D eigenvalue weighted by atomic mass is 32.2. The van der Waals surface area contributed by atoms with Gasteiger partial charge in [0.05, 0.1) is 16.2 Å². The number of ketones is 1. The lowest BCUT2D eigenvalue weighted by Gasteiger charge is -2.17. The highest BCUT2D eigenvalue weighted by molar-refractivity contribution is 7.91. The van der Waals surface area contributed by atoms with Crippen LogP contribution >= 0.6 is 0 Å². The van der Waals surface area contributed by atoms with Gasteiger partial charge in [-0.05, 0) is 35.9 Å². The molecule has 0 radical (unpaired) electrons. The topological polar surface area (TPSA) is 51.2 Å². The third-order valence-corrected chi connectivity index (χ3v) is 5.40. The van der Waals surface area contributed by atoms with E-state index >= 15 is 0 Å². The van der Waals surface area contributed by atoms with Gasteiger partial charge >= 0.3 is 6.18 Å². The largest absolute Gasteiger partial charge is 0.416 e. The Morgan fingerprint density at radius 1 is 0.958 bits per heavy atom. The van der Waals surface area contributed by atoms with Gasteiger partial charge in [0.1, 0.15) is 0 Å². The second kappa shape index (κ2) is 5.59. The number of fused-ring (bicyclic) bond motifs is 1. The number of Topliss-reactive ketones (excluding diaryl/α,β-unsaturated/α-hetero) is 1. The number of carbonyl (C=O) groups excluding carboxylic acids is 1. The molecule has 0 atom stereocenters.